The van der Waals surface area contributed by atoms with E-state index in [1.54, 1.807) is 0 Å². The molecule has 0 fully saturated rings. The van der Waals surface area contributed by atoms with Crippen LogP contribution in [-0.2, 0) is 6.54 Å². The van der Waals surface area contributed by atoms with Gasteiger partial charge < -0.3 is 5.11 Å². The van der Waals surface area contributed by atoms with E-state index >= 15 is 0 Å². The summed E-state index contributed by atoms with van der Waals surface area (Å²) in [7, 11) is 0. The Hall–Kier alpha value is -1.12. The maximum absolute atomic E-state index is 10.1. The molecule has 2 heteroatoms. The SMILES string of the molecule is C=CCCC(O)CN(Cc1ccc(C)cc1)CC(C)C. The van der Waals surface area contributed by atoms with Crippen LogP contribution in [0.3, 0.4) is 0 Å². The van der Waals surface area contributed by atoms with Crippen molar-refractivity contribution >= 4 is 0 Å². The second-order valence-corrected chi connectivity index (χ2v) is 6.09. The molecule has 0 saturated heterocycles. The molecule has 1 atom stereocenters. The highest BCUT2D eigenvalue weighted by atomic mass is 16.3. The van der Waals surface area contributed by atoms with E-state index in [4.69, 9.17) is 0 Å². The van der Waals surface area contributed by atoms with Gasteiger partial charge >= 0.3 is 0 Å². The molecule has 2 nitrogen and oxygen atoms in total. The number of allylic oxidation sites excluding steroid dienone is 1. The summed E-state index contributed by atoms with van der Waals surface area (Å²) < 4.78 is 0. The normalized spacial score (nSPS) is 12.9. The van der Waals surface area contributed by atoms with Crippen molar-refractivity contribution in [3.63, 3.8) is 0 Å². The number of aliphatic hydroxyl groups is 1. The van der Waals surface area contributed by atoms with Crippen LogP contribution >= 0.6 is 0 Å². The smallest absolute Gasteiger partial charge is 0.0670 e. The summed E-state index contributed by atoms with van der Waals surface area (Å²) in [5, 5.41) is 10.1. The van der Waals surface area contributed by atoms with Gasteiger partial charge in [-0.05, 0) is 31.2 Å². The van der Waals surface area contributed by atoms with Crippen LogP contribution in [0.2, 0.25) is 0 Å². The van der Waals surface area contributed by atoms with Gasteiger partial charge in [-0.3, -0.25) is 4.90 Å². The van der Waals surface area contributed by atoms with Gasteiger partial charge in [-0.25, -0.2) is 0 Å². The van der Waals surface area contributed by atoms with E-state index in [-0.39, 0.29) is 6.10 Å². The van der Waals surface area contributed by atoms with Gasteiger partial charge in [-0.2, -0.15) is 0 Å². The lowest BCUT2D eigenvalue weighted by atomic mass is 10.1. The fourth-order valence-corrected chi connectivity index (χ4v) is 2.37. The summed E-state index contributed by atoms with van der Waals surface area (Å²) in [6, 6.07) is 8.66. The van der Waals surface area contributed by atoms with E-state index in [2.05, 4.69) is 56.5 Å². The number of hydrogen-bond acceptors (Lipinski definition) is 2. The summed E-state index contributed by atoms with van der Waals surface area (Å²) in [4.78, 5) is 2.35. The molecule has 0 amide bonds. The highest BCUT2D eigenvalue weighted by Crippen LogP contribution is 2.11. The topological polar surface area (TPSA) is 23.5 Å². The molecule has 112 valence electrons. The van der Waals surface area contributed by atoms with Crippen LogP contribution in [0, 0.1) is 12.8 Å². The van der Waals surface area contributed by atoms with Gasteiger partial charge in [0.05, 0.1) is 6.10 Å². The van der Waals surface area contributed by atoms with Crippen molar-refractivity contribution in [2.24, 2.45) is 5.92 Å². The van der Waals surface area contributed by atoms with Crippen molar-refractivity contribution in [1.29, 1.82) is 0 Å². The fraction of sp³-hybridized carbons (Fsp3) is 0.556. The first-order valence-electron chi connectivity index (χ1n) is 7.58. The summed E-state index contributed by atoms with van der Waals surface area (Å²) >= 11 is 0. The third-order valence-corrected chi connectivity index (χ3v) is 3.32. The van der Waals surface area contributed by atoms with Crippen LogP contribution in [0.15, 0.2) is 36.9 Å². The molecular formula is C18H29NO. The van der Waals surface area contributed by atoms with E-state index in [9.17, 15) is 5.11 Å². The minimum absolute atomic E-state index is 0.266. The van der Waals surface area contributed by atoms with Gasteiger partial charge in [0.15, 0.2) is 0 Å². The van der Waals surface area contributed by atoms with Crippen LogP contribution in [-0.4, -0.2) is 29.2 Å². The average molecular weight is 275 g/mol. The first-order valence-corrected chi connectivity index (χ1v) is 7.58. The fourth-order valence-electron chi connectivity index (χ4n) is 2.37. The first-order chi connectivity index (χ1) is 9.51. The summed E-state index contributed by atoms with van der Waals surface area (Å²) in [5.41, 5.74) is 2.60. The van der Waals surface area contributed by atoms with Crippen molar-refractivity contribution in [1.82, 2.24) is 4.90 Å². The summed E-state index contributed by atoms with van der Waals surface area (Å²) in [6.45, 7) is 12.9. The standard InChI is InChI=1S/C18H29NO/c1-5-6-7-18(20)14-19(12-15(2)3)13-17-10-8-16(4)9-11-17/h5,8-11,15,18,20H,1,6-7,12-14H2,2-4H3. The molecule has 1 unspecified atom stereocenters. The molecule has 1 aromatic carbocycles. The minimum Gasteiger partial charge on any atom is -0.392 e. The third kappa shape index (κ3) is 6.88. The van der Waals surface area contributed by atoms with Crippen LogP contribution in [0.1, 0.15) is 37.8 Å². The largest absolute Gasteiger partial charge is 0.392 e. The third-order valence-electron chi connectivity index (χ3n) is 3.32. The maximum atomic E-state index is 10.1. The van der Waals surface area contributed by atoms with Gasteiger partial charge in [0.2, 0.25) is 0 Å². The zero-order chi connectivity index (χ0) is 15.0. The molecule has 0 aliphatic rings. The van der Waals surface area contributed by atoms with Crippen molar-refractivity contribution in [3.8, 4) is 0 Å². The summed E-state index contributed by atoms with van der Waals surface area (Å²) in [6.07, 6.45) is 3.28. The van der Waals surface area contributed by atoms with Crippen molar-refractivity contribution in [2.45, 2.75) is 46.3 Å². The Kier molecular flexibility index (Phi) is 7.56. The molecule has 0 heterocycles. The van der Waals surface area contributed by atoms with Crippen molar-refractivity contribution < 1.29 is 5.11 Å². The lowest BCUT2D eigenvalue weighted by molar-refractivity contribution is 0.0957. The Balaban J connectivity index is 2.58. The molecule has 1 aromatic rings. The Morgan fingerprint density at radius 3 is 2.40 bits per heavy atom. The number of rotatable bonds is 9. The number of aryl methyl sites for hydroxylation is 1. The Bertz CT molecular complexity index is 383. The molecular weight excluding hydrogens is 246 g/mol. The minimum atomic E-state index is -0.266. The molecule has 0 aliphatic carbocycles. The van der Waals surface area contributed by atoms with Gasteiger partial charge in [-0.15, -0.1) is 6.58 Å². The van der Waals surface area contributed by atoms with Crippen LogP contribution < -0.4 is 0 Å². The van der Waals surface area contributed by atoms with Crippen LogP contribution in [0.25, 0.3) is 0 Å². The average Bonchev–Trinajstić information content (AvgIpc) is 2.38. The summed E-state index contributed by atoms with van der Waals surface area (Å²) in [5.74, 6) is 0.604. The van der Waals surface area contributed by atoms with E-state index in [0.29, 0.717) is 5.92 Å². The van der Waals surface area contributed by atoms with E-state index in [1.165, 1.54) is 11.1 Å². The molecule has 1 rings (SSSR count). The molecule has 1 N–H and O–H groups in total. The molecule has 0 bridgehead atoms. The van der Waals surface area contributed by atoms with E-state index < -0.39 is 0 Å². The highest BCUT2D eigenvalue weighted by Gasteiger charge is 2.13. The van der Waals surface area contributed by atoms with Gasteiger partial charge in [0.25, 0.3) is 0 Å². The lowest BCUT2D eigenvalue weighted by Gasteiger charge is -2.26. The first kappa shape index (κ1) is 16.9. The molecule has 0 aliphatic heterocycles. The monoisotopic (exact) mass is 275 g/mol. The predicted octanol–water partition coefficient (Wildman–Crippen LogP) is 3.78. The second kappa shape index (κ2) is 8.93. The molecule has 20 heavy (non-hydrogen) atoms. The second-order valence-electron chi connectivity index (χ2n) is 6.09. The lowest BCUT2D eigenvalue weighted by Crippen LogP contribution is -2.34. The predicted molar refractivity (Wildman–Crippen MR) is 86.7 cm³/mol. The molecule has 0 radical (unpaired) electrons. The maximum Gasteiger partial charge on any atom is 0.0670 e. The van der Waals surface area contributed by atoms with Crippen LogP contribution in [0.4, 0.5) is 0 Å². The molecule has 0 saturated carbocycles. The zero-order valence-electron chi connectivity index (χ0n) is 13.2. The van der Waals surface area contributed by atoms with Crippen molar-refractivity contribution in [3.05, 3.63) is 48.0 Å². The van der Waals surface area contributed by atoms with Gasteiger partial charge in [0.1, 0.15) is 0 Å². The Morgan fingerprint density at radius 2 is 1.85 bits per heavy atom. The molecule has 0 spiro atoms. The van der Waals surface area contributed by atoms with Crippen molar-refractivity contribution in [2.75, 3.05) is 13.1 Å². The van der Waals surface area contributed by atoms with Gasteiger partial charge in [-0.1, -0.05) is 49.8 Å². The number of benzene rings is 1. The van der Waals surface area contributed by atoms with E-state index in [1.807, 2.05) is 6.08 Å². The number of hydrogen-bond donors (Lipinski definition) is 1. The number of nitrogens with zero attached hydrogens (tertiary/aromatic N) is 1. The van der Waals surface area contributed by atoms with E-state index in [0.717, 1.165) is 32.5 Å². The molecule has 0 aromatic heterocycles. The zero-order valence-corrected chi connectivity index (χ0v) is 13.2. The number of aliphatic hydroxyl groups excluding tert-OH is 1. The van der Waals surface area contributed by atoms with Gasteiger partial charge in [0, 0.05) is 19.6 Å². The quantitative estimate of drug-likeness (QED) is 0.693. The Labute approximate surface area is 124 Å². The highest BCUT2D eigenvalue weighted by molar-refractivity contribution is 5.21. The Morgan fingerprint density at radius 1 is 1.20 bits per heavy atom. The van der Waals surface area contributed by atoms with Crippen LogP contribution in [0.5, 0.6) is 0 Å².